The summed E-state index contributed by atoms with van der Waals surface area (Å²) in [6.07, 6.45) is 6.27. The molecule has 26 heavy (non-hydrogen) atoms. The summed E-state index contributed by atoms with van der Waals surface area (Å²) in [6, 6.07) is 15.4. The van der Waals surface area contributed by atoms with Gasteiger partial charge in [0.2, 0.25) is 0 Å². The maximum Gasteiger partial charge on any atom is 0.123 e. The Kier molecular flexibility index (Phi) is 5.14. The van der Waals surface area contributed by atoms with Crippen molar-refractivity contribution >= 4 is 5.69 Å². The summed E-state index contributed by atoms with van der Waals surface area (Å²) in [5.74, 6) is 2.43. The molecule has 3 heteroatoms. The van der Waals surface area contributed by atoms with Crippen molar-refractivity contribution in [2.75, 3.05) is 18.0 Å². The first-order valence-electron chi connectivity index (χ1n) is 9.93. The minimum absolute atomic E-state index is 0.158. The molecule has 0 radical (unpaired) electrons. The quantitative estimate of drug-likeness (QED) is 0.683. The van der Waals surface area contributed by atoms with Crippen molar-refractivity contribution in [3.63, 3.8) is 0 Å². The van der Waals surface area contributed by atoms with E-state index in [-0.39, 0.29) is 11.9 Å². The Hall–Kier alpha value is -2.03. The third kappa shape index (κ3) is 4.38. The molecule has 1 aliphatic heterocycles. The normalized spacial score (nSPS) is 25.2. The third-order valence-corrected chi connectivity index (χ3v) is 5.88. The van der Waals surface area contributed by atoms with Gasteiger partial charge in [-0.1, -0.05) is 19.1 Å². The van der Waals surface area contributed by atoms with Gasteiger partial charge in [0.05, 0.1) is 6.54 Å². The Morgan fingerprint density at radius 1 is 1.08 bits per heavy atom. The highest BCUT2D eigenvalue weighted by Crippen LogP contribution is 2.41. The fourth-order valence-electron chi connectivity index (χ4n) is 4.00. The summed E-state index contributed by atoms with van der Waals surface area (Å²) in [5, 5.41) is 0. The maximum atomic E-state index is 13.0. The number of hydrogen-bond donors (Lipinski definition) is 0. The van der Waals surface area contributed by atoms with Gasteiger partial charge >= 0.3 is 0 Å². The zero-order chi connectivity index (χ0) is 17.9. The number of anilines is 1. The van der Waals surface area contributed by atoms with E-state index in [0.29, 0.717) is 0 Å². The van der Waals surface area contributed by atoms with Gasteiger partial charge in [-0.05, 0) is 85.9 Å². The van der Waals surface area contributed by atoms with Gasteiger partial charge in [0.25, 0.3) is 0 Å². The van der Waals surface area contributed by atoms with Crippen molar-refractivity contribution in [2.45, 2.75) is 45.1 Å². The van der Waals surface area contributed by atoms with Crippen LogP contribution in [-0.2, 0) is 6.42 Å². The average Bonchev–Trinajstić information content (AvgIpc) is 3.38. The maximum absolute atomic E-state index is 13.0. The molecule has 2 fully saturated rings. The Labute approximate surface area is 156 Å². The van der Waals surface area contributed by atoms with Gasteiger partial charge in [0, 0.05) is 12.2 Å². The van der Waals surface area contributed by atoms with Crippen molar-refractivity contribution in [1.82, 2.24) is 0 Å². The standard InChI is InChI=1S/C23H28FNO/c1-17-15-19(17)7-4-18-5-10-21(11-6-18)25-14-2-3-23(16-25)26-22-12-8-20(24)9-13-22/h5-6,8-13,17,19,23H,2-4,7,14-16H2,1H3/t17?,19-,23?/m1/s1. The zero-order valence-electron chi connectivity index (χ0n) is 15.5. The summed E-state index contributed by atoms with van der Waals surface area (Å²) in [7, 11) is 0. The summed E-state index contributed by atoms with van der Waals surface area (Å²) >= 11 is 0. The van der Waals surface area contributed by atoms with E-state index >= 15 is 0 Å². The first-order valence-corrected chi connectivity index (χ1v) is 9.93. The molecule has 1 saturated heterocycles. The molecule has 2 aromatic carbocycles. The van der Waals surface area contributed by atoms with E-state index in [4.69, 9.17) is 4.74 Å². The topological polar surface area (TPSA) is 12.5 Å². The van der Waals surface area contributed by atoms with Gasteiger partial charge in [-0.2, -0.15) is 0 Å². The van der Waals surface area contributed by atoms with E-state index in [9.17, 15) is 4.39 Å². The van der Waals surface area contributed by atoms with Crippen LogP contribution in [0.4, 0.5) is 10.1 Å². The van der Waals surface area contributed by atoms with Gasteiger partial charge in [-0.3, -0.25) is 0 Å². The van der Waals surface area contributed by atoms with Crippen LogP contribution in [0.5, 0.6) is 5.75 Å². The van der Waals surface area contributed by atoms with Crippen LogP contribution in [0.15, 0.2) is 48.5 Å². The molecular weight excluding hydrogens is 325 g/mol. The van der Waals surface area contributed by atoms with Crippen molar-refractivity contribution in [1.29, 1.82) is 0 Å². The summed E-state index contributed by atoms with van der Waals surface area (Å²) in [5.41, 5.74) is 2.73. The van der Waals surface area contributed by atoms with E-state index in [0.717, 1.165) is 43.5 Å². The monoisotopic (exact) mass is 353 g/mol. The Morgan fingerprint density at radius 2 is 1.81 bits per heavy atom. The molecule has 3 atom stereocenters. The molecule has 1 aliphatic carbocycles. The molecule has 0 spiro atoms. The third-order valence-electron chi connectivity index (χ3n) is 5.88. The second-order valence-electron chi connectivity index (χ2n) is 7.96. The van der Waals surface area contributed by atoms with Crippen LogP contribution < -0.4 is 9.64 Å². The van der Waals surface area contributed by atoms with Crippen LogP contribution in [0.25, 0.3) is 0 Å². The predicted octanol–water partition coefficient (Wildman–Crippen LogP) is 5.46. The van der Waals surface area contributed by atoms with Crippen molar-refractivity contribution in [3.05, 3.63) is 59.9 Å². The molecular formula is C23H28FNO. The minimum Gasteiger partial charge on any atom is -0.489 e. The molecule has 0 bridgehead atoms. The van der Waals surface area contributed by atoms with Crippen LogP contribution in [0.1, 0.15) is 38.2 Å². The van der Waals surface area contributed by atoms with Crippen LogP contribution >= 0.6 is 0 Å². The highest BCUT2D eigenvalue weighted by atomic mass is 19.1. The van der Waals surface area contributed by atoms with Gasteiger partial charge in [0.15, 0.2) is 0 Å². The van der Waals surface area contributed by atoms with Crippen molar-refractivity contribution < 1.29 is 9.13 Å². The highest BCUT2D eigenvalue weighted by molar-refractivity contribution is 5.48. The fourth-order valence-corrected chi connectivity index (χ4v) is 4.00. The summed E-state index contributed by atoms with van der Waals surface area (Å²) < 4.78 is 19.1. The van der Waals surface area contributed by atoms with Gasteiger partial charge < -0.3 is 9.64 Å². The van der Waals surface area contributed by atoms with Crippen molar-refractivity contribution in [2.24, 2.45) is 11.8 Å². The number of hydrogen-bond acceptors (Lipinski definition) is 2. The van der Waals surface area contributed by atoms with Crippen LogP contribution in [0.2, 0.25) is 0 Å². The highest BCUT2D eigenvalue weighted by Gasteiger charge is 2.31. The lowest BCUT2D eigenvalue weighted by Crippen LogP contribution is -2.41. The average molecular weight is 353 g/mol. The summed E-state index contributed by atoms with van der Waals surface area (Å²) in [6.45, 7) is 4.31. The molecule has 2 aromatic rings. The first-order chi connectivity index (χ1) is 12.7. The van der Waals surface area contributed by atoms with Gasteiger partial charge in [0.1, 0.15) is 17.7 Å². The van der Waals surface area contributed by atoms with Crippen LogP contribution in [-0.4, -0.2) is 19.2 Å². The number of halogens is 1. The summed E-state index contributed by atoms with van der Waals surface area (Å²) in [4.78, 5) is 2.41. The van der Waals surface area contributed by atoms with Gasteiger partial charge in [-0.25, -0.2) is 4.39 Å². The number of nitrogens with zero attached hydrogens (tertiary/aromatic N) is 1. The Morgan fingerprint density at radius 3 is 2.50 bits per heavy atom. The number of rotatable bonds is 6. The Bertz CT molecular complexity index is 712. The van der Waals surface area contributed by atoms with Crippen molar-refractivity contribution in [3.8, 4) is 5.75 Å². The second-order valence-corrected chi connectivity index (χ2v) is 7.96. The first kappa shape index (κ1) is 17.4. The number of piperidine rings is 1. The fraction of sp³-hybridized carbons (Fsp3) is 0.478. The number of benzene rings is 2. The Balaban J connectivity index is 1.32. The minimum atomic E-state index is -0.223. The number of aryl methyl sites for hydroxylation is 1. The SMILES string of the molecule is CC1C[C@H]1CCc1ccc(N2CCCC(Oc3ccc(F)cc3)C2)cc1. The molecule has 2 nitrogen and oxygen atoms in total. The van der Waals surface area contributed by atoms with E-state index in [1.165, 1.54) is 42.6 Å². The molecule has 0 N–H and O–H groups in total. The second kappa shape index (κ2) is 7.69. The molecule has 4 rings (SSSR count). The molecule has 1 heterocycles. The molecule has 138 valence electrons. The largest absolute Gasteiger partial charge is 0.489 e. The lowest BCUT2D eigenvalue weighted by atomic mass is 10.0. The smallest absolute Gasteiger partial charge is 0.123 e. The molecule has 2 unspecified atom stereocenters. The predicted molar refractivity (Wildman–Crippen MR) is 104 cm³/mol. The van der Waals surface area contributed by atoms with E-state index < -0.39 is 0 Å². The zero-order valence-corrected chi connectivity index (χ0v) is 15.5. The van der Waals surface area contributed by atoms with E-state index in [1.54, 1.807) is 12.1 Å². The molecule has 0 aromatic heterocycles. The number of ether oxygens (including phenoxy) is 1. The van der Waals surface area contributed by atoms with E-state index in [2.05, 4.69) is 36.1 Å². The molecule has 0 amide bonds. The van der Waals surface area contributed by atoms with Gasteiger partial charge in [-0.15, -0.1) is 0 Å². The lowest BCUT2D eigenvalue weighted by Gasteiger charge is -2.34. The van der Waals surface area contributed by atoms with Crippen LogP contribution in [0, 0.1) is 17.7 Å². The molecule has 1 saturated carbocycles. The molecule has 2 aliphatic rings. The lowest BCUT2D eigenvalue weighted by molar-refractivity contribution is 0.179. The van der Waals surface area contributed by atoms with Crippen LogP contribution in [0.3, 0.4) is 0 Å². The van der Waals surface area contributed by atoms with E-state index in [1.807, 2.05) is 0 Å².